The zero-order chi connectivity index (χ0) is 17.0. The van der Waals surface area contributed by atoms with Gasteiger partial charge in [0.15, 0.2) is 5.11 Å². The third-order valence-corrected chi connectivity index (χ3v) is 3.56. The van der Waals surface area contributed by atoms with Gasteiger partial charge in [0.1, 0.15) is 17.1 Å². The van der Waals surface area contributed by atoms with E-state index in [2.05, 4.69) is 11.9 Å². The topological polar surface area (TPSA) is 67.9 Å². The van der Waals surface area contributed by atoms with E-state index in [1.807, 2.05) is 0 Å². The zero-order valence-electron chi connectivity index (χ0n) is 12.8. The molecule has 0 aliphatic carbocycles. The molecule has 0 atom stereocenters. The summed E-state index contributed by atoms with van der Waals surface area (Å²) < 4.78 is 10.4. The molecule has 1 heterocycles. The molecule has 6 nitrogen and oxygen atoms in total. The maximum Gasteiger partial charge on any atom is 0.265 e. The smallest absolute Gasteiger partial charge is 0.265 e. The van der Waals surface area contributed by atoms with E-state index in [9.17, 15) is 9.59 Å². The third-order valence-electron chi connectivity index (χ3n) is 3.23. The number of nitrogens with zero attached hydrogens (tertiary/aromatic N) is 1. The summed E-state index contributed by atoms with van der Waals surface area (Å²) in [6.45, 7) is 3.79. The molecule has 1 aliphatic heterocycles. The first-order valence-corrected chi connectivity index (χ1v) is 7.14. The monoisotopic (exact) mass is 332 g/mol. The highest BCUT2D eigenvalue weighted by Gasteiger charge is 2.32. The van der Waals surface area contributed by atoms with E-state index in [1.165, 1.54) is 31.3 Å². The lowest BCUT2D eigenvalue weighted by molar-refractivity contribution is -0.128. The molecule has 0 aromatic heterocycles. The largest absolute Gasteiger partial charge is 0.497 e. The second-order valence-electron chi connectivity index (χ2n) is 4.63. The van der Waals surface area contributed by atoms with Crippen molar-refractivity contribution in [3.05, 3.63) is 42.0 Å². The van der Waals surface area contributed by atoms with Crippen LogP contribution in [0, 0.1) is 0 Å². The molecule has 0 unspecified atom stereocenters. The zero-order valence-corrected chi connectivity index (χ0v) is 13.6. The van der Waals surface area contributed by atoms with Crippen LogP contribution in [0.1, 0.15) is 5.56 Å². The van der Waals surface area contributed by atoms with Crippen LogP contribution in [0.5, 0.6) is 11.5 Å². The van der Waals surface area contributed by atoms with Gasteiger partial charge in [0.05, 0.1) is 14.2 Å². The van der Waals surface area contributed by atoms with E-state index in [4.69, 9.17) is 21.7 Å². The SMILES string of the molecule is C=CCN1C(=O)/C(=C\c2cc(OC)ccc2OC)C(=O)NC1=S. The van der Waals surface area contributed by atoms with Crippen LogP contribution in [0.15, 0.2) is 36.4 Å². The van der Waals surface area contributed by atoms with Crippen molar-refractivity contribution < 1.29 is 19.1 Å². The summed E-state index contributed by atoms with van der Waals surface area (Å²) >= 11 is 5.01. The second kappa shape index (κ2) is 7.06. The van der Waals surface area contributed by atoms with Gasteiger partial charge in [-0.05, 0) is 36.5 Å². The minimum atomic E-state index is -0.551. The highest BCUT2D eigenvalue weighted by Crippen LogP contribution is 2.27. The molecular formula is C16H16N2O4S. The Morgan fingerprint density at radius 3 is 2.65 bits per heavy atom. The van der Waals surface area contributed by atoms with E-state index in [-0.39, 0.29) is 17.2 Å². The first-order valence-electron chi connectivity index (χ1n) is 6.73. The van der Waals surface area contributed by atoms with Crippen molar-refractivity contribution in [1.29, 1.82) is 0 Å². The number of ether oxygens (including phenoxy) is 2. The fourth-order valence-electron chi connectivity index (χ4n) is 2.10. The molecule has 1 N–H and O–H groups in total. The van der Waals surface area contributed by atoms with Crippen LogP contribution in [0.4, 0.5) is 0 Å². The summed E-state index contributed by atoms with van der Waals surface area (Å²) in [5, 5.41) is 2.55. The lowest BCUT2D eigenvalue weighted by Crippen LogP contribution is -2.53. The molecule has 0 radical (unpaired) electrons. The van der Waals surface area contributed by atoms with Crippen molar-refractivity contribution in [2.45, 2.75) is 0 Å². The molecule has 0 saturated carbocycles. The standard InChI is InChI=1S/C16H16N2O4S/c1-4-7-18-15(20)12(14(19)17-16(18)23)9-10-8-11(21-2)5-6-13(10)22-3/h4-6,8-9H,1,7H2,2-3H3,(H,17,19,23)/b12-9-. The van der Waals surface area contributed by atoms with E-state index >= 15 is 0 Å². The summed E-state index contributed by atoms with van der Waals surface area (Å²) in [4.78, 5) is 25.9. The number of carbonyl (C=O) groups is 2. The van der Waals surface area contributed by atoms with Gasteiger partial charge in [0.2, 0.25) is 0 Å². The molecule has 1 saturated heterocycles. The Kier molecular flexibility index (Phi) is 5.13. The Bertz CT molecular complexity index is 712. The van der Waals surface area contributed by atoms with Crippen LogP contribution in [-0.2, 0) is 9.59 Å². The van der Waals surface area contributed by atoms with Crippen LogP contribution in [0.25, 0.3) is 6.08 Å². The minimum absolute atomic E-state index is 0.0352. The van der Waals surface area contributed by atoms with Crippen molar-refractivity contribution in [3.63, 3.8) is 0 Å². The first kappa shape index (κ1) is 16.7. The summed E-state index contributed by atoms with van der Waals surface area (Å²) in [7, 11) is 3.03. The molecule has 23 heavy (non-hydrogen) atoms. The Morgan fingerprint density at radius 2 is 2.04 bits per heavy atom. The quantitative estimate of drug-likeness (QED) is 0.383. The average molecular weight is 332 g/mol. The Labute approximate surface area is 139 Å². The maximum absolute atomic E-state index is 12.5. The lowest BCUT2D eigenvalue weighted by atomic mass is 10.1. The molecule has 1 aliphatic rings. The Balaban J connectivity index is 2.48. The number of carbonyl (C=O) groups excluding carboxylic acids is 2. The van der Waals surface area contributed by atoms with Crippen LogP contribution in [0.3, 0.4) is 0 Å². The predicted molar refractivity (Wildman–Crippen MR) is 90.2 cm³/mol. The van der Waals surface area contributed by atoms with Crippen LogP contribution in [-0.4, -0.2) is 42.6 Å². The number of rotatable bonds is 5. The van der Waals surface area contributed by atoms with Gasteiger partial charge in [-0.25, -0.2) is 0 Å². The number of thiocarbonyl (C=S) groups is 1. The van der Waals surface area contributed by atoms with Gasteiger partial charge in [0, 0.05) is 12.1 Å². The van der Waals surface area contributed by atoms with E-state index in [0.717, 1.165) is 0 Å². The van der Waals surface area contributed by atoms with Crippen molar-refractivity contribution in [3.8, 4) is 11.5 Å². The first-order chi connectivity index (χ1) is 11.0. The van der Waals surface area contributed by atoms with E-state index < -0.39 is 11.8 Å². The van der Waals surface area contributed by atoms with Crippen LogP contribution < -0.4 is 14.8 Å². The average Bonchev–Trinajstić information content (AvgIpc) is 2.55. The molecule has 0 spiro atoms. The van der Waals surface area contributed by atoms with Crippen LogP contribution in [0.2, 0.25) is 0 Å². The predicted octanol–water partition coefficient (Wildman–Crippen LogP) is 1.52. The molecule has 7 heteroatoms. The van der Waals surface area contributed by atoms with Gasteiger partial charge in [-0.1, -0.05) is 6.08 Å². The summed E-state index contributed by atoms with van der Waals surface area (Å²) in [5.41, 5.74) is 0.517. The Hall–Kier alpha value is -2.67. The number of amides is 2. The van der Waals surface area contributed by atoms with Crippen molar-refractivity contribution in [2.24, 2.45) is 0 Å². The van der Waals surface area contributed by atoms with Crippen LogP contribution >= 0.6 is 12.2 Å². The van der Waals surface area contributed by atoms with E-state index in [1.54, 1.807) is 18.2 Å². The number of hydrogen-bond donors (Lipinski definition) is 1. The summed E-state index contributed by atoms with van der Waals surface area (Å²) in [6, 6.07) is 5.10. The van der Waals surface area contributed by atoms with Gasteiger partial charge in [0.25, 0.3) is 11.8 Å². The third kappa shape index (κ3) is 3.40. The molecule has 120 valence electrons. The fraction of sp³-hybridized carbons (Fsp3) is 0.188. The normalized spacial score (nSPS) is 16.3. The molecule has 1 fully saturated rings. The highest BCUT2D eigenvalue weighted by atomic mass is 32.1. The molecule has 0 bridgehead atoms. The second-order valence-corrected chi connectivity index (χ2v) is 5.02. The van der Waals surface area contributed by atoms with Gasteiger partial charge in [-0.2, -0.15) is 0 Å². The Morgan fingerprint density at radius 1 is 1.30 bits per heavy atom. The van der Waals surface area contributed by atoms with Gasteiger partial charge in [-0.3, -0.25) is 19.8 Å². The fourth-order valence-corrected chi connectivity index (χ4v) is 2.35. The molecule has 1 aromatic carbocycles. The lowest BCUT2D eigenvalue weighted by Gasteiger charge is -2.27. The van der Waals surface area contributed by atoms with Gasteiger partial charge < -0.3 is 9.47 Å². The molecule has 1 aromatic rings. The van der Waals surface area contributed by atoms with Crippen molar-refractivity contribution in [1.82, 2.24) is 10.2 Å². The van der Waals surface area contributed by atoms with Gasteiger partial charge in [-0.15, -0.1) is 6.58 Å². The summed E-state index contributed by atoms with van der Waals surface area (Å²) in [5.74, 6) is 0.0656. The van der Waals surface area contributed by atoms with E-state index in [0.29, 0.717) is 17.1 Å². The molecule has 2 amide bonds. The minimum Gasteiger partial charge on any atom is -0.497 e. The number of hydrogen-bond acceptors (Lipinski definition) is 5. The number of benzene rings is 1. The maximum atomic E-state index is 12.5. The highest BCUT2D eigenvalue weighted by molar-refractivity contribution is 7.80. The number of nitrogens with one attached hydrogen (secondary N) is 1. The van der Waals surface area contributed by atoms with Gasteiger partial charge >= 0.3 is 0 Å². The summed E-state index contributed by atoms with van der Waals surface area (Å²) in [6.07, 6.45) is 2.99. The van der Waals surface area contributed by atoms with Crippen molar-refractivity contribution >= 4 is 35.2 Å². The molecular weight excluding hydrogens is 316 g/mol. The number of methoxy groups -OCH3 is 2. The molecule has 2 rings (SSSR count). The van der Waals surface area contributed by atoms with Crippen molar-refractivity contribution in [2.75, 3.05) is 20.8 Å².